The molecule has 1 aromatic rings. The molecule has 1 rings (SSSR count). The third kappa shape index (κ3) is 2.55. The molecule has 0 aromatic heterocycles. The molecule has 0 unspecified atom stereocenters. The predicted molar refractivity (Wildman–Crippen MR) is 49.4 cm³/mol. The normalized spacial score (nSPS) is 9.07. The van der Waals surface area contributed by atoms with Crippen LogP contribution in [0.3, 0.4) is 0 Å². The van der Waals surface area contributed by atoms with E-state index in [1.54, 1.807) is 6.07 Å². The van der Waals surface area contributed by atoms with E-state index in [2.05, 4.69) is 0 Å². The van der Waals surface area contributed by atoms with Gasteiger partial charge < -0.3 is 9.84 Å². The zero-order chi connectivity index (χ0) is 10.0. The summed E-state index contributed by atoms with van der Waals surface area (Å²) in [5.74, 6) is -0.512. The quantitative estimate of drug-likeness (QED) is 0.811. The molecule has 0 bridgehead atoms. The van der Waals surface area contributed by atoms with Crippen LogP contribution in [-0.4, -0.2) is 18.2 Å². The molecule has 0 heterocycles. The number of rotatable bonds is 2. The fourth-order valence-electron chi connectivity index (χ4n) is 1.38. The molecule has 0 amide bonds. The number of carboxylic acid groups (broad SMARTS) is 1. The summed E-state index contributed by atoms with van der Waals surface area (Å²) in [6.45, 7) is 3.69. The summed E-state index contributed by atoms with van der Waals surface area (Å²) in [7, 11) is 1.48. The summed E-state index contributed by atoms with van der Waals surface area (Å²) in [4.78, 5) is 10.8. The number of aromatic carboxylic acids is 1. The summed E-state index contributed by atoms with van der Waals surface area (Å²) >= 11 is 0. The molecule has 0 aliphatic rings. The van der Waals surface area contributed by atoms with Crippen LogP contribution in [0.25, 0.3) is 0 Å². The Morgan fingerprint density at radius 3 is 2.36 bits per heavy atom. The number of hydrogen-bond acceptors (Lipinski definition) is 2. The van der Waals surface area contributed by atoms with Gasteiger partial charge in [-0.2, -0.15) is 0 Å². The fourth-order valence-corrected chi connectivity index (χ4v) is 1.38. The molecule has 0 aliphatic carbocycles. The van der Waals surface area contributed by atoms with Crippen molar-refractivity contribution in [1.29, 1.82) is 0 Å². The minimum Gasteiger partial charge on any atom is -0.496 e. The van der Waals surface area contributed by atoms with E-state index in [1.807, 2.05) is 19.9 Å². The number of methoxy groups -OCH3 is 1. The van der Waals surface area contributed by atoms with E-state index in [1.165, 1.54) is 7.11 Å². The second-order valence-electron chi connectivity index (χ2n) is 2.97. The number of carbonyl (C=O) groups is 1. The molecule has 0 fully saturated rings. The van der Waals surface area contributed by atoms with Gasteiger partial charge in [0.05, 0.1) is 7.11 Å². The maximum absolute atomic E-state index is 10.8. The Morgan fingerprint density at radius 1 is 1.36 bits per heavy atom. The van der Waals surface area contributed by atoms with Crippen LogP contribution in [0.4, 0.5) is 0 Å². The van der Waals surface area contributed by atoms with Crippen LogP contribution in [-0.2, 0) is 19.5 Å². The Labute approximate surface area is 95.8 Å². The van der Waals surface area contributed by atoms with Crippen molar-refractivity contribution in [3.63, 3.8) is 0 Å². The number of benzene rings is 1. The average Bonchev–Trinajstić information content (AvgIpc) is 2.02. The number of carboxylic acids is 1. The minimum atomic E-state index is -0.955. The molecule has 0 saturated heterocycles. The Bertz CT molecular complexity index is 347. The minimum absolute atomic E-state index is 0. The van der Waals surface area contributed by atoms with Crippen LogP contribution < -0.4 is 4.74 Å². The van der Waals surface area contributed by atoms with Gasteiger partial charge in [0.2, 0.25) is 0 Å². The molecule has 0 spiro atoms. The van der Waals surface area contributed by atoms with Crippen molar-refractivity contribution in [2.75, 3.05) is 7.11 Å². The molecule has 0 radical (unpaired) electrons. The van der Waals surface area contributed by atoms with Crippen molar-refractivity contribution in [1.82, 2.24) is 0 Å². The van der Waals surface area contributed by atoms with E-state index in [0.29, 0.717) is 5.75 Å². The van der Waals surface area contributed by atoms with Crippen LogP contribution in [0, 0.1) is 13.8 Å². The van der Waals surface area contributed by atoms with E-state index < -0.39 is 5.97 Å². The number of ether oxygens (including phenoxy) is 1. The Balaban J connectivity index is 0.00000169. The van der Waals surface area contributed by atoms with Crippen LogP contribution in [0.2, 0.25) is 0 Å². The molecule has 14 heavy (non-hydrogen) atoms. The van der Waals surface area contributed by atoms with Gasteiger partial charge in [-0.25, -0.2) is 4.79 Å². The van der Waals surface area contributed by atoms with Gasteiger partial charge in [0.25, 0.3) is 0 Å². The maximum atomic E-state index is 10.8. The molecule has 1 aromatic carbocycles. The first-order valence-electron chi connectivity index (χ1n) is 3.94. The van der Waals surface area contributed by atoms with Gasteiger partial charge in [-0.3, -0.25) is 0 Å². The van der Waals surface area contributed by atoms with Gasteiger partial charge >= 0.3 is 5.97 Å². The van der Waals surface area contributed by atoms with Crippen LogP contribution in [0.5, 0.6) is 5.75 Å². The van der Waals surface area contributed by atoms with Gasteiger partial charge in [0, 0.05) is 19.5 Å². The molecule has 0 aliphatic heterocycles. The van der Waals surface area contributed by atoms with Crippen LogP contribution >= 0.6 is 0 Å². The van der Waals surface area contributed by atoms with E-state index in [9.17, 15) is 4.79 Å². The molecule has 0 saturated carbocycles. The summed E-state index contributed by atoms with van der Waals surface area (Å²) in [5.41, 5.74) is 2.00. The van der Waals surface area contributed by atoms with E-state index >= 15 is 0 Å². The number of hydrogen-bond donors (Lipinski definition) is 1. The second-order valence-corrected chi connectivity index (χ2v) is 2.97. The van der Waals surface area contributed by atoms with Crippen molar-refractivity contribution in [2.24, 2.45) is 0 Å². The van der Waals surface area contributed by atoms with Crippen LogP contribution in [0.1, 0.15) is 21.5 Å². The Hall–Kier alpha value is -0.887. The van der Waals surface area contributed by atoms with E-state index in [4.69, 9.17) is 9.84 Å². The summed E-state index contributed by atoms with van der Waals surface area (Å²) in [6.07, 6.45) is 0. The second kappa shape index (κ2) is 5.11. The SMILES string of the molecule is COc1c(C)cc(C)cc1C(=O)O.[Zn]. The van der Waals surface area contributed by atoms with Crippen molar-refractivity contribution < 1.29 is 34.1 Å². The maximum Gasteiger partial charge on any atom is 0.339 e. The predicted octanol–water partition coefficient (Wildman–Crippen LogP) is 2.01. The molecule has 72 valence electrons. The van der Waals surface area contributed by atoms with Gasteiger partial charge in [-0.15, -0.1) is 0 Å². The monoisotopic (exact) mass is 244 g/mol. The number of aryl methyl sites for hydroxylation is 2. The average molecular weight is 246 g/mol. The Kier molecular flexibility index (Phi) is 4.78. The molecular weight excluding hydrogens is 233 g/mol. The van der Waals surface area contributed by atoms with Crippen molar-refractivity contribution in [3.05, 3.63) is 28.8 Å². The zero-order valence-electron chi connectivity index (χ0n) is 8.63. The first kappa shape index (κ1) is 13.1. The smallest absolute Gasteiger partial charge is 0.339 e. The van der Waals surface area contributed by atoms with E-state index in [-0.39, 0.29) is 25.0 Å². The first-order chi connectivity index (χ1) is 6.06. The molecule has 4 heteroatoms. The fraction of sp³-hybridized carbons (Fsp3) is 0.300. The van der Waals surface area contributed by atoms with Crippen molar-refractivity contribution >= 4 is 5.97 Å². The zero-order valence-corrected chi connectivity index (χ0v) is 11.6. The summed E-state index contributed by atoms with van der Waals surface area (Å²) in [5, 5.41) is 8.87. The third-order valence-electron chi connectivity index (χ3n) is 1.85. The van der Waals surface area contributed by atoms with Crippen LogP contribution in [0.15, 0.2) is 12.1 Å². The largest absolute Gasteiger partial charge is 0.496 e. The molecule has 1 N–H and O–H groups in total. The van der Waals surface area contributed by atoms with Gasteiger partial charge in [-0.05, 0) is 31.0 Å². The Morgan fingerprint density at radius 2 is 1.93 bits per heavy atom. The standard InChI is InChI=1S/C10H12O3.Zn/c1-6-4-7(2)9(13-3)8(5-6)10(11)12;/h4-5H,1-3H3,(H,11,12);. The van der Waals surface area contributed by atoms with Crippen molar-refractivity contribution in [3.8, 4) is 5.75 Å². The van der Waals surface area contributed by atoms with Crippen molar-refractivity contribution in [2.45, 2.75) is 13.8 Å². The van der Waals surface area contributed by atoms with Gasteiger partial charge in [0.15, 0.2) is 0 Å². The van der Waals surface area contributed by atoms with E-state index in [0.717, 1.165) is 11.1 Å². The third-order valence-corrected chi connectivity index (χ3v) is 1.85. The first-order valence-corrected chi connectivity index (χ1v) is 3.94. The van der Waals surface area contributed by atoms with Gasteiger partial charge in [-0.1, -0.05) is 6.07 Å². The van der Waals surface area contributed by atoms with Gasteiger partial charge in [0.1, 0.15) is 11.3 Å². The molecular formula is C10H12O3Zn. The summed E-state index contributed by atoms with van der Waals surface area (Å²) < 4.78 is 5.01. The topological polar surface area (TPSA) is 46.5 Å². The molecule has 0 atom stereocenters. The molecule has 3 nitrogen and oxygen atoms in total. The summed E-state index contributed by atoms with van der Waals surface area (Å²) in [6, 6.07) is 3.50.